The smallest absolute Gasteiger partial charge is 0.356 e. The van der Waals surface area contributed by atoms with Gasteiger partial charge in [0.1, 0.15) is 12.1 Å². The molecule has 0 aliphatic carbocycles. The van der Waals surface area contributed by atoms with Crippen molar-refractivity contribution >= 4 is 11.8 Å². The third-order valence-corrected chi connectivity index (χ3v) is 5.03. The molecule has 2 heterocycles. The number of hydrogen-bond acceptors (Lipinski definition) is 6. The molecule has 0 spiro atoms. The van der Waals surface area contributed by atoms with Gasteiger partial charge in [0.05, 0.1) is 13.2 Å². The fraction of sp³-hybridized carbons (Fsp3) is 0.450. The van der Waals surface area contributed by atoms with E-state index in [1.807, 2.05) is 18.2 Å². The molecular formula is C20H25N3O3. The van der Waals surface area contributed by atoms with Crippen molar-refractivity contribution < 1.29 is 14.6 Å². The Labute approximate surface area is 153 Å². The van der Waals surface area contributed by atoms with Crippen molar-refractivity contribution in [2.24, 2.45) is 5.92 Å². The number of esters is 1. The lowest BCUT2D eigenvalue weighted by atomic mass is 9.88. The molecule has 1 aliphatic heterocycles. The number of carbonyl (C=O) groups excluding carboxylic acids is 1. The van der Waals surface area contributed by atoms with Crippen molar-refractivity contribution in [2.75, 3.05) is 25.1 Å². The highest BCUT2D eigenvalue weighted by molar-refractivity contribution is 5.87. The van der Waals surface area contributed by atoms with Gasteiger partial charge in [0, 0.05) is 19.2 Å². The van der Waals surface area contributed by atoms with Crippen LogP contribution in [0.3, 0.4) is 0 Å². The monoisotopic (exact) mass is 355 g/mol. The van der Waals surface area contributed by atoms with Crippen LogP contribution in [-0.4, -0.2) is 47.3 Å². The largest absolute Gasteiger partial charge is 0.464 e. The highest BCUT2D eigenvalue weighted by Gasteiger charge is 2.26. The van der Waals surface area contributed by atoms with Crippen molar-refractivity contribution in [2.45, 2.75) is 31.8 Å². The first-order valence-corrected chi connectivity index (χ1v) is 9.04. The summed E-state index contributed by atoms with van der Waals surface area (Å²) in [6.07, 6.45) is 4.61. The molecule has 1 aromatic carbocycles. The van der Waals surface area contributed by atoms with E-state index in [4.69, 9.17) is 4.74 Å². The summed E-state index contributed by atoms with van der Waals surface area (Å²) in [7, 11) is 1.34. The molecule has 6 nitrogen and oxygen atoms in total. The van der Waals surface area contributed by atoms with Gasteiger partial charge in [0.15, 0.2) is 5.69 Å². The second-order valence-electron chi connectivity index (χ2n) is 6.67. The third-order valence-electron chi connectivity index (χ3n) is 5.03. The van der Waals surface area contributed by atoms with E-state index in [1.54, 1.807) is 6.07 Å². The van der Waals surface area contributed by atoms with Crippen molar-refractivity contribution in [3.05, 3.63) is 54.0 Å². The van der Waals surface area contributed by atoms with Crippen LogP contribution in [0.25, 0.3) is 0 Å². The number of piperidine rings is 1. The minimum absolute atomic E-state index is 0.266. The van der Waals surface area contributed by atoms with Crippen LogP contribution in [0.4, 0.5) is 5.82 Å². The molecule has 3 rings (SSSR count). The van der Waals surface area contributed by atoms with Crippen molar-refractivity contribution in [3.63, 3.8) is 0 Å². The molecule has 1 aromatic heterocycles. The number of hydrogen-bond donors (Lipinski definition) is 1. The average molecular weight is 355 g/mol. The number of anilines is 1. The zero-order chi connectivity index (χ0) is 18.4. The standard InChI is InChI=1S/C20H25N3O3/c1-26-20(25)17-13-19(22-14-21-17)23-11-9-16(10-12-23)18(24)8-7-15-5-3-2-4-6-15/h2-6,13-14,16,18,24H,7-12H2,1H3. The first-order chi connectivity index (χ1) is 12.7. The number of aliphatic hydroxyl groups excluding tert-OH is 1. The second-order valence-corrected chi connectivity index (χ2v) is 6.67. The normalized spacial score (nSPS) is 16.3. The molecule has 26 heavy (non-hydrogen) atoms. The molecule has 1 saturated heterocycles. The number of aryl methyl sites for hydroxylation is 1. The summed E-state index contributed by atoms with van der Waals surface area (Å²) in [5.74, 6) is 0.578. The Morgan fingerprint density at radius 2 is 2.00 bits per heavy atom. The molecular weight excluding hydrogens is 330 g/mol. The first-order valence-electron chi connectivity index (χ1n) is 9.04. The number of aromatic nitrogens is 2. The van der Waals surface area contributed by atoms with Gasteiger partial charge in [-0.25, -0.2) is 14.8 Å². The fourth-order valence-electron chi connectivity index (χ4n) is 3.44. The lowest BCUT2D eigenvalue weighted by Crippen LogP contribution is -2.38. The number of carbonyl (C=O) groups is 1. The Kier molecular flexibility index (Phi) is 6.17. The lowest BCUT2D eigenvalue weighted by molar-refractivity contribution is 0.0594. The van der Waals surface area contributed by atoms with Gasteiger partial charge < -0.3 is 14.7 Å². The molecule has 1 fully saturated rings. The predicted octanol–water partition coefficient (Wildman–Crippen LogP) is 2.47. The summed E-state index contributed by atoms with van der Waals surface area (Å²) in [5, 5.41) is 10.5. The summed E-state index contributed by atoms with van der Waals surface area (Å²) in [5.41, 5.74) is 1.53. The van der Waals surface area contributed by atoms with Crippen LogP contribution in [0.15, 0.2) is 42.7 Å². The third kappa shape index (κ3) is 4.58. The maximum absolute atomic E-state index is 11.6. The second kappa shape index (κ2) is 8.76. The fourth-order valence-corrected chi connectivity index (χ4v) is 3.44. The molecule has 138 valence electrons. The molecule has 2 aromatic rings. The Balaban J connectivity index is 1.51. The average Bonchev–Trinajstić information content (AvgIpc) is 2.72. The molecule has 1 aliphatic rings. The maximum atomic E-state index is 11.6. The van der Waals surface area contributed by atoms with Crippen molar-refractivity contribution in [3.8, 4) is 0 Å². The van der Waals surface area contributed by atoms with E-state index in [0.717, 1.165) is 44.6 Å². The van der Waals surface area contributed by atoms with E-state index >= 15 is 0 Å². The molecule has 1 N–H and O–H groups in total. The van der Waals surface area contributed by atoms with E-state index in [9.17, 15) is 9.90 Å². The topological polar surface area (TPSA) is 75.5 Å². The highest BCUT2D eigenvalue weighted by atomic mass is 16.5. The molecule has 0 saturated carbocycles. The van der Waals surface area contributed by atoms with E-state index in [1.165, 1.54) is 19.0 Å². The van der Waals surface area contributed by atoms with Crippen LogP contribution in [0.1, 0.15) is 35.3 Å². The van der Waals surface area contributed by atoms with Gasteiger partial charge in [-0.15, -0.1) is 0 Å². The summed E-state index contributed by atoms with van der Waals surface area (Å²) in [4.78, 5) is 22.0. The molecule has 0 amide bonds. The van der Waals surface area contributed by atoms with E-state index < -0.39 is 5.97 Å². The molecule has 1 unspecified atom stereocenters. The Bertz CT molecular complexity index is 715. The number of rotatable bonds is 6. The lowest BCUT2D eigenvalue weighted by Gasteiger charge is -2.35. The van der Waals surface area contributed by atoms with Gasteiger partial charge in [-0.05, 0) is 37.2 Å². The molecule has 1 atom stereocenters. The summed E-state index contributed by atoms with van der Waals surface area (Å²) < 4.78 is 4.71. The molecule has 0 bridgehead atoms. The maximum Gasteiger partial charge on any atom is 0.356 e. The minimum atomic E-state index is -0.458. The SMILES string of the molecule is COC(=O)c1cc(N2CCC(C(O)CCc3ccccc3)CC2)ncn1. The summed E-state index contributed by atoms with van der Waals surface area (Å²) in [6, 6.07) is 11.9. The van der Waals surface area contributed by atoms with Gasteiger partial charge in [-0.3, -0.25) is 0 Å². The number of aliphatic hydroxyl groups is 1. The predicted molar refractivity (Wildman–Crippen MR) is 99.1 cm³/mol. The van der Waals surface area contributed by atoms with E-state index in [-0.39, 0.29) is 11.8 Å². The van der Waals surface area contributed by atoms with Crippen molar-refractivity contribution in [1.29, 1.82) is 0 Å². The quantitative estimate of drug-likeness (QED) is 0.803. The van der Waals surface area contributed by atoms with Crippen LogP contribution < -0.4 is 4.90 Å². The number of benzene rings is 1. The molecule has 0 radical (unpaired) electrons. The zero-order valence-electron chi connectivity index (χ0n) is 15.0. The van der Waals surface area contributed by atoms with Crippen LogP contribution >= 0.6 is 0 Å². The van der Waals surface area contributed by atoms with E-state index in [2.05, 4.69) is 27.0 Å². The minimum Gasteiger partial charge on any atom is -0.464 e. The zero-order valence-corrected chi connectivity index (χ0v) is 15.0. The van der Waals surface area contributed by atoms with Gasteiger partial charge in [0.25, 0.3) is 0 Å². The van der Waals surface area contributed by atoms with Crippen LogP contribution in [0, 0.1) is 5.92 Å². The first kappa shape index (κ1) is 18.3. The Morgan fingerprint density at radius 3 is 2.69 bits per heavy atom. The Hall–Kier alpha value is -2.47. The number of ether oxygens (including phenoxy) is 1. The van der Waals surface area contributed by atoms with E-state index in [0.29, 0.717) is 5.92 Å². The molecule has 6 heteroatoms. The van der Waals surface area contributed by atoms with Crippen LogP contribution in [-0.2, 0) is 11.2 Å². The van der Waals surface area contributed by atoms with Gasteiger partial charge in [-0.1, -0.05) is 30.3 Å². The van der Waals surface area contributed by atoms with Crippen molar-refractivity contribution in [1.82, 2.24) is 9.97 Å². The summed E-state index contributed by atoms with van der Waals surface area (Å²) >= 11 is 0. The summed E-state index contributed by atoms with van der Waals surface area (Å²) in [6.45, 7) is 1.62. The van der Waals surface area contributed by atoms with Gasteiger partial charge in [-0.2, -0.15) is 0 Å². The van der Waals surface area contributed by atoms with Gasteiger partial charge in [0.2, 0.25) is 0 Å². The van der Waals surface area contributed by atoms with Gasteiger partial charge >= 0.3 is 5.97 Å². The van der Waals surface area contributed by atoms with Crippen LogP contribution in [0.2, 0.25) is 0 Å². The van der Waals surface area contributed by atoms with Crippen LogP contribution in [0.5, 0.6) is 0 Å². The number of nitrogens with zero attached hydrogens (tertiary/aromatic N) is 3. The highest BCUT2D eigenvalue weighted by Crippen LogP contribution is 2.26. The Morgan fingerprint density at radius 1 is 1.27 bits per heavy atom. The number of methoxy groups -OCH3 is 1.